The van der Waals surface area contributed by atoms with E-state index in [2.05, 4.69) is 0 Å². The van der Waals surface area contributed by atoms with E-state index >= 15 is 0 Å². The molecular weight excluding hydrogens is 102 g/mol. The molecule has 1 aromatic rings. The first-order chi connectivity index (χ1) is 3.70. The van der Waals surface area contributed by atoms with Gasteiger partial charge in [0.1, 0.15) is 5.75 Å². The van der Waals surface area contributed by atoms with Gasteiger partial charge in [-0.25, -0.2) is 0 Å². The third kappa shape index (κ3) is 0.689. The summed E-state index contributed by atoms with van der Waals surface area (Å²) < 4.78 is 1.87. The van der Waals surface area contributed by atoms with Gasteiger partial charge in [-0.2, -0.15) is 0 Å². The average Bonchev–Trinajstić information content (AvgIpc) is 1.85. The lowest BCUT2D eigenvalue weighted by molar-refractivity contribution is 0.474. The molecular formula is C6H9NO. The monoisotopic (exact) mass is 111 g/mol. The van der Waals surface area contributed by atoms with E-state index in [4.69, 9.17) is 5.11 Å². The van der Waals surface area contributed by atoms with Gasteiger partial charge in [0.15, 0.2) is 0 Å². The van der Waals surface area contributed by atoms with Gasteiger partial charge in [0.2, 0.25) is 0 Å². The Hall–Kier alpha value is -0.920. The molecule has 0 atom stereocenters. The molecule has 2 nitrogen and oxygen atoms in total. The fraction of sp³-hybridized carbons (Fsp3) is 0.333. The molecule has 0 aliphatic rings. The maximum atomic E-state index is 8.81. The molecule has 0 saturated heterocycles. The van der Waals surface area contributed by atoms with Gasteiger partial charge in [-0.3, -0.25) is 0 Å². The van der Waals surface area contributed by atoms with Crippen LogP contribution in [0.4, 0.5) is 0 Å². The second kappa shape index (κ2) is 1.54. The molecule has 0 bridgehead atoms. The van der Waals surface area contributed by atoms with Crippen LogP contribution in [0.1, 0.15) is 5.69 Å². The number of hydrogen-bond donors (Lipinski definition) is 1. The van der Waals surface area contributed by atoms with Crippen molar-refractivity contribution in [3.8, 4) is 5.75 Å². The van der Waals surface area contributed by atoms with Crippen molar-refractivity contribution in [1.82, 2.24) is 4.57 Å². The van der Waals surface area contributed by atoms with Gasteiger partial charge in [0.25, 0.3) is 0 Å². The molecule has 1 rings (SSSR count). The highest BCUT2D eigenvalue weighted by atomic mass is 16.3. The first-order valence-electron chi connectivity index (χ1n) is 2.52. The molecule has 1 heterocycles. The summed E-state index contributed by atoms with van der Waals surface area (Å²) in [6.07, 6.45) is 1.68. The Balaban J connectivity index is 3.14. The van der Waals surface area contributed by atoms with Crippen LogP contribution in [0, 0.1) is 6.92 Å². The van der Waals surface area contributed by atoms with Crippen molar-refractivity contribution >= 4 is 0 Å². The molecule has 0 unspecified atom stereocenters. The highest BCUT2D eigenvalue weighted by molar-refractivity contribution is 5.21. The molecule has 1 aromatic heterocycles. The summed E-state index contributed by atoms with van der Waals surface area (Å²) >= 11 is 0. The molecule has 0 spiro atoms. The van der Waals surface area contributed by atoms with Gasteiger partial charge in [0.05, 0.1) is 0 Å². The summed E-state index contributed by atoms with van der Waals surface area (Å²) in [6, 6.07) is 1.72. The molecule has 0 fully saturated rings. The van der Waals surface area contributed by atoms with E-state index in [1.165, 1.54) is 0 Å². The second-order valence-corrected chi connectivity index (χ2v) is 1.95. The SMILES string of the molecule is Cc1cc(O)cn1C. The van der Waals surface area contributed by atoms with Crippen molar-refractivity contribution in [3.63, 3.8) is 0 Å². The van der Waals surface area contributed by atoms with E-state index in [-0.39, 0.29) is 0 Å². The minimum atomic E-state index is 0.338. The fourth-order valence-electron chi connectivity index (χ4n) is 0.653. The number of aromatic hydroxyl groups is 1. The van der Waals surface area contributed by atoms with Crippen LogP contribution in [0.2, 0.25) is 0 Å². The quantitative estimate of drug-likeness (QED) is 0.531. The Labute approximate surface area is 48.4 Å². The van der Waals surface area contributed by atoms with Crippen LogP contribution in [-0.2, 0) is 7.05 Å². The van der Waals surface area contributed by atoms with Gasteiger partial charge < -0.3 is 9.67 Å². The van der Waals surface area contributed by atoms with Crippen LogP contribution in [0.3, 0.4) is 0 Å². The predicted molar refractivity (Wildman–Crippen MR) is 31.8 cm³/mol. The van der Waals surface area contributed by atoms with Crippen LogP contribution < -0.4 is 0 Å². The standard InChI is InChI=1S/C6H9NO/c1-5-3-6(8)4-7(5)2/h3-4,8H,1-2H3. The van der Waals surface area contributed by atoms with Crippen molar-refractivity contribution in [2.45, 2.75) is 6.92 Å². The molecule has 8 heavy (non-hydrogen) atoms. The summed E-state index contributed by atoms with van der Waals surface area (Å²) in [4.78, 5) is 0. The summed E-state index contributed by atoms with van der Waals surface area (Å²) in [6.45, 7) is 1.94. The van der Waals surface area contributed by atoms with Crippen LogP contribution in [0.5, 0.6) is 5.75 Å². The Kier molecular flexibility index (Phi) is 1.01. The Morgan fingerprint density at radius 1 is 1.62 bits per heavy atom. The first kappa shape index (κ1) is 5.22. The third-order valence-corrected chi connectivity index (χ3v) is 1.24. The van der Waals surface area contributed by atoms with E-state index in [1.54, 1.807) is 12.3 Å². The molecule has 0 aliphatic heterocycles. The number of aryl methyl sites for hydroxylation is 2. The summed E-state index contributed by atoms with van der Waals surface area (Å²) in [5, 5.41) is 8.81. The summed E-state index contributed by atoms with van der Waals surface area (Å²) in [7, 11) is 1.90. The lowest BCUT2D eigenvalue weighted by Gasteiger charge is -1.89. The highest BCUT2D eigenvalue weighted by Gasteiger charge is 1.92. The third-order valence-electron chi connectivity index (χ3n) is 1.24. The van der Waals surface area contributed by atoms with Crippen molar-refractivity contribution < 1.29 is 5.11 Å². The molecule has 0 aliphatic carbocycles. The van der Waals surface area contributed by atoms with E-state index < -0.39 is 0 Å². The predicted octanol–water partition coefficient (Wildman–Crippen LogP) is 1.04. The normalized spacial score (nSPS) is 9.75. The Morgan fingerprint density at radius 3 is 2.38 bits per heavy atom. The molecule has 2 heteroatoms. The molecule has 0 radical (unpaired) electrons. The first-order valence-corrected chi connectivity index (χ1v) is 2.52. The van der Waals surface area contributed by atoms with Crippen molar-refractivity contribution in [2.24, 2.45) is 7.05 Å². The lowest BCUT2D eigenvalue weighted by atomic mass is 10.5. The minimum Gasteiger partial charge on any atom is -0.506 e. The highest BCUT2D eigenvalue weighted by Crippen LogP contribution is 2.10. The zero-order chi connectivity index (χ0) is 6.15. The topological polar surface area (TPSA) is 25.2 Å². The average molecular weight is 111 g/mol. The largest absolute Gasteiger partial charge is 0.506 e. The Morgan fingerprint density at radius 2 is 2.25 bits per heavy atom. The summed E-state index contributed by atoms with van der Waals surface area (Å²) in [5.74, 6) is 0.338. The molecule has 0 amide bonds. The van der Waals surface area contributed by atoms with Crippen LogP contribution in [-0.4, -0.2) is 9.67 Å². The minimum absolute atomic E-state index is 0.338. The second-order valence-electron chi connectivity index (χ2n) is 1.95. The van der Waals surface area contributed by atoms with Gasteiger partial charge in [-0.15, -0.1) is 0 Å². The van der Waals surface area contributed by atoms with E-state index in [0.717, 1.165) is 5.69 Å². The van der Waals surface area contributed by atoms with Gasteiger partial charge >= 0.3 is 0 Å². The van der Waals surface area contributed by atoms with Crippen LogP contribution in [0.25, 0.3) is 0 Å². The summed E-state index contributed by atoms with van der Waals surface area (Å²) in [5.41, 5.74) is 1.07. The van der Waals surface area contributed by atoms with E-state index in [0.29, 0.717) is 5.75 Å². The van der Waals surface area contributed by atoms with E-state index in [9.17, 15) is 0 Å². The zero-order valence-corrected chi connectivity index (χ0v) is 5.05. The number of rotatable bonds is 0. The molecule has 44 valence electrons. The molecule has 1 N–H and O–H groups in total. The number of aromatic nitrogens is 1. The van der Waals surface area contributed by atoms with Gasteiger partial charge in [0, 0.05) is 25.0 Å². The number of hydrogen-bond acceptors (Lipinski definition) is 1. The van der Waals surface area contributed by atoms with E-state index in [1.807, 2.05) is 18.5 Å². The van der Waals surface area contributed by atoms with Gasteiger partial charge in [-0.1, -0.05) is 0 Å². The van der Waals surface area contributed by atoms with Crippen molar-refractivity contribution in [1.29, 1.82) is 0 Å². The van der Waals surface area contributed by atoms with Crippen molar-refractivity contribution in [3.05, 3.63) is 18.0 Å². The smallest absolute Gasteiger partial charge is 0.133 e. The number of nitrogens with zero attached hydrogens (tertiary/aromatic N) is 1. The molecule has 0 aromatic carbocycles. The van der Waals surface area contributed by atoms with Crippen LogP contribution in [0.15, 0.2) is 12.3 Å². The van der Waals surface area contributed by atoms with Gasteiger partial charge in [-0.05, 0) is 6.92 Å². The van der Waals surface area contributed by atoms with Crippen molar-refractivity contribution in [2.75, 3.05) is 0 Å². The maximum Gasteiger partial charge on any atom is 0.133 e. The molecule has 0 saturated carbocycles. The lowest BCUT2D eigenvalue weighted by Crippen LogP contribution is -1.84. The Bertz CT molecular complexity index is 171. The maximum absolute atomic E-state index is 8.81. The fourth-order valence-corrected chi connectivity index (χ4v) is 0.653. The zero-order valence-electron chi connectivity index (χ0n) is 5.05. The van der Waals surface area contributed by atoms with Crippen LogP contribution >= 0.6 is 0 Å².